The van der Waals surface area contributed by atoms with Crippen LogP contribution in [0.3, 0.4) is 0 Å². The van der Waals surface area contributed by atoms with E-state index in [2.05, 4.69) is 65.4 Å². The van der Waals surface area contributed by atoms with Crippen molar-refractivity contribution in [3.05, 3.63) is 21.9 Å². The number of guanidine groups is 1. The highest BCUT2D eigenvalue weighted by Crippen LogP contribution is 2.16. The summed E-state index contributed by atoms with van der Waals surface area (Å²) >= 11 is 1.88. The van der Waals surface area contributed by atoms with Crippen molar-refractivity contribution in [1.82, 2.24) is 20.4 Å². The van der Waals surface area contributed by atoms with Crippen LogP contribution >= 0.6 is 11.3 Å². The molecule has 1 saturated heterocycles. The Balaban J connectivity index is 1.73. The molecule has 5 nitrogen and oxygen atoms in total. The Morgan fingerprint density at radius 1 is 1.25 bits per heavy atom. The number of likely N-dealkylation sites (N-methyl/N-ethyl adjacent to an activating group) is 1. The van der Waals surface area contributed by atoms with Crippen LogP contribution in [0.5, 0.6) is 0 Å². The number of aliphatic imine (C=N–C) groups is 1. The van der Waals surface area contributed by atoms with Crippen LogP contribution in [0.1, 0.15) is 23.6 Å². The molecule has 2 rings (SSSR count). The summed E-state index contributed by atoms with van der Waals surface area (Å²) in [6, 6.07) is 5.31. The molecule has 1 aromatic heterocycles. The Kier molecular flexibility index (Phi) is 7.52. The van der Waals surface area contributed by atoms with Crippen LogP contribution in [0.4, 0.5) is 0 Å². The number of piperazine rings is 1. The number of nitrogens with one attached hydrogen (secondary N) is 2. The van der Waals surface area contributed by atoms with Gasteiger partial charge in [-0.2, -0.15) is 0 Å². The fraction of sp³-hybridized carbons (Fsp3) is 0.722. The first-order valence-electron chi connectivity index (χ1n) is 8.93. The highest BCUT2D eigenvalue weighted by atomic mass is 32.1. The number of hydrogen-bond acceptors (Lipinski definition) is 4. The molecule has 24 heavy (non-hydrogen) atoms. The second kappa shape index (κ2) is 9.39. The van der Waals surface area contributed by atoms with Crippen molar-refractivity contribution in [3.63, 3.8) is 0 Å². The molecule has 2 N–H and O–H groups in total. The zero-order chi connectivity index (χ0) is 17.5. The Morgan fingerprint density at radius 2 is 1.96 bits per heavy atom. The minimum atomic E-state index is 0.369. The third-order valence-corrected chi connectivity index (χ3v) is 5.66. The lowest BCUT2D eigenvalue weighted by Gasteiger charge is -2.36. The Hall–Kier alpha value is -1.11. The Labute approximate surface area is 151 Å². The van der Waals surface area contributed by atoms with E-state index in [0.717, 1.165) is 45.1 Å². The molecule has 1 aliphatic rings. The predicted octanol–water partition coefficient (Wildman–Crippen LogP) is 1.79. The van der Waals surface area contributed by atoms with Gasteiger partial charge in [0.25, 0.3) is 0 Å². The SMILES string of the molecule is CN=C(NCC(C)N1CCN(C)CC1)NC(C)Cc1ccc(C)s1. The lowest BCUT2D eigenvalue weighted by atomic mass is 10.2. The van der Waals surface area contributed by atoms with Crippen molar-refractivity contribution in [2.45, 2.75) is 39.3 Å². The molecule has 2 unspecified atom stereocenters. The summed E-state index contributed by atoms with van der Waals surface area (Å²) in [6.07, 6.45) is 1.03. The van der Waals surface area contributed by atoms with E-state index >= 15 is 0 Å². The molecule has 1 fully saturated rings. The average Bonchev–Trinajstić information content (AvgIpc) is 2.96. The van der Waals surface area contributed by atoms with Crippen molar-refractivity contribution in [2.24, 2.45) is 4.99 Å². The van der Waals surface area contributed by atoms with Crippen molar-refractivity contribution in [1.29, 1.82) is 0 Å². The fourth-order valence-corrected chi connectivity index (χ4v) is 4.03. The van der Waals surface area contributed by atoms with Crippen LogP contribution in [0, 0.1) is 6.92 Å². The maximum absolute atomic E-state index is 4.38. The van der Waals surface area contributed by atoms with Gasteiger partial charge in [0.15, 0.2) is 5.96 Å². The molecule has 6 heteroatoms. The van der Waals surface area contributed by atoms with Gasteiger partial charge in [-0.25, -0.2) is 0 Å². The number of thiophene rings is 1. The largest absolute Gasteiger partial charge is 0.355 e. The zero-order valence-corrected chi connectivity index (χ0v) is 16.6. The van der Waals surface area contributed by atoms with E-state index in [1.54, 1.807) is 0 Å². The van der Waals surface area contributed by atoms with E-state index in [1.807, 2.05) is 18.4 Å². The number of aryl methyl sites for hydroxylation is 1. The van der Waals surface area contributed by atoms with Gasteiger partial charge in [0.1, 0.15) is 0 Å². The van der Waals surface area contributed by atoms with Crippen molar-refractivity contribution < 1.29 is 0 Å². The summed E-state index contributed by atoms with van der Waals surface area (Å²) < 4.78 is 0. The smallest absolute Gasteiger partial charge is 0.191 e. The molecular formula is C18H33N5S. The standard InChI is InChI=1S/C18H33N5S/c1-14(12-17-7-6-16(3)24-17)21-18(19-4)20-13-15(2)23-10-8-22(5)9-11-23/h6-7,14-15H,8-13H2,1-5H3,(H2,19,20,21). The van der Waals surface area contributed by atoms with Gasteiger partial charge in [0, 0.05) is 68.0 Å². The molecule has 2 heterocycles. The van der Waals surface area contributed by atoms with Crippen molar-refractivity contribution >= 4 is 17.3 Å². The van der Waals surface area contributed by atoms with Crippen LogP contribution in [-0.4, -0.2) is 74.7 Å². The van der Waals surface area contributed by atoms with Gasteiger partial charge in [0.05, 0.1) is 0 Å². The topological polar surface area (TPSA) is 42.9 Å². The highest BCUT2D eigenvalue weighted by Gasteiger charge is 2.19. The van der Waals surface area contributed by atoms with Gasteiger partial charge in [-0.3, -0.25) is 9.89 Å². The van der Waals surface area contributed by atoms with E-state index in [1.165, 1.54) is 9.75 Å². The van der Waals surface area contributed by atoms with Crippen LogP contribution in [-0.2, 0) is 6.42 Å². The molecule has 0 bridgehead atoms. The first-order valence-corrected chi connectivity index (χ1v) is 9.74. The molecule has 2 atom stereocenters. The Morgan fingerprint density at radius 3 is 2.54 bits per heavy atom. The Bertz CT molecular complexity index is 519. The van der Waals surface area contributed by atoms with E-state index in [4.69, 9.17) is 0 Å². The van der Waals surface area contributed by atoms with Gasteiger partial charge in [-0.15, -0.1) is 11.3 Å². The molecule has 1 aromatic rings. The molecule has 1 aliphatic heterocycles. The van der Waals surface area contributed by atoms with E-state index in [-0.39, 0.29) is 0 Å². The lowest BCUT2D eigenvalue weighted by molar-refractivity contribution is 0.120. The second-order valence-electron chi connectivity index (χ2n) is 6.90. The second-order valence-corrected chi connectivity index (χ2v) is 8.28. The zero-order valence-electron chi connectivity index (χ0n) is 15.8. The van der Waals surface area contributed by atoms with Crippen LogP contribution < -0.4 is 10.6 Å². The van der Waals surface area contributed by atoms with E-state index in [9.17, 15) is 0 Å². The molecule has 0 aromatic carbocycles. The fourth-order valence-electron chi connectivity index (χ4n) is 3.01. The monoisotopic (exact) mass is 351 g/mol. The van der Waals surface area contributed by atoms with Crippen molar-refractivity contribution in [3.8, 4) is 0 Å². The summed E-state index contributed by atoms with van der Waals surface area (Å²) in [6.45, 7) is 12.2. The molecule has 0 spiro atoms. The summed E-state index contributed by atoms with van der Waals surface area (Å²) in [4.78, 5) is 12.1. The quantitative estimate of drug-likeness (QED) is 0.606. The van der Waals surface area contributed by atoms with E-state index in [0.29, 0.717) is 12.1 Å². The molecule has 136 valence electrons. The van der Waals surface area contributed by atoms with Gasteiger partial charge in [-0.1, -0.05) is 0 Å². The molecule has 0 radical (unpaired) electrons. The number of rotatable bonds is 6. The van der Waals surface area contributed by atoms with Crippen LogP contribution in [0.2, 0.25) is 0 Å². The summed E-state index contributed by atoms with van der Waals surface area (Å²) in [7, 11) is 4.04. The van der Waals surface area contributed by atoms with E-state index < -0.39 is 0 Å². The predicted molar refractivity (Wildman–Crippen MR) is 105 cm³/mol. The van der Waals surface area contributed by atoms with Crippen LogP contribution in [0.15, 0.2) is 17.1 Å². The normalized spacial score (nSPS) is 20.0. The number of nitrogens with zero attached hydrogens (tertiary/aromatic N) is 3. The van der Waals surface area contributed by atoms with Crippen LogP contribution in [0.25, 0.3) is 0 Å². The lowest BCUT2D eigenvalue weighted by Crippen LogP contribution is -2.53. The first kappa shape index (κ1) is 19.2. The molecular weight excluding hydrogens is 318 g/mol. The first-order chi connectivity index (χ1) is 11.5. The third kappa shape index (κ3) is 6.07. The molecule has 0 aliphatic carbocycles. The minimum Gasteiger partial charge on any atom is -0.355 e. The summed E-state index contributed by atoms with van der Waals surface area (Å²) in [5.41, 5.74) is 0. The number of hydrogen-bond donors (Lipinski definition) is 2. The third-order valence-electron chi connectivity index (χ3n) is 4.64. The summed E-state index contributed by atoms with van der Waals surface area (Å²) in [5.74, 6) is 0.900. The van der Waals surface area contributed by atoms with Crippen molar-refractivity contribution in [2.75, 3.05) is 46.8 Å². The highest BCUT2D eigenvalue weighted by molar-refractivity contribution is 7.11. The van der Waals surface area contributed by atoms with Gasteiger partial charge in [0.2, 0.25) is 0 Å². The van der Waals surface area contributed by atoms with Gasteiger partial charge >= 0.3 is 0 Å². The minimum absolute atomic E-state index is 0.369. The maximum Gasteiger partial charge on any atom is 0.191 e. The molecule has 0 saturated carbocycles. The maximum atomic E-state index is 4.38. The van der Waals surface area contributed by atoms with Gasteiger partial charge in [-0.05, 0) is 40.0 Å². The molecule has 0 amide bonds. The average molecular weight is 352 g/mol. The summed E-state index contributed by atoms with van der Waals surface area (Å²) in [5, 5.41) is 7.00. The van der Waals surface area contributed by atoms with Gasteiger partial charge < -0.3 is 15.5 Å².